The monoisotopic (exact) mass is 423 g/mol. The van der Waals surface area contributed by atoms with Crippen molar-refractivity contribution in [2.45, 2.75) is 57.7 Å². The first kappa shape index (κ1) is 23.7. The Bertz CT molecular complexity index is 767. The van der Waals surface area contributed by atoms with E-state index in [1.165, 1.54) is 17.4 Å². The van der Waals surface area contributed by atoms with Gasteiger partial charge >= 0.3 is 0 Å². The molecule has 1 saturated heterocycles. The van der Waals surface area contributed by atoms with Crippen molar-refractivity contribution in [2.24, 2.45) is 10.9 Å². The fourth-order valence-electron chi connectivity index (χ4n) is 3.63. The summed E-state index contributed by atoms with van der Waals surface area (Å²) in [5.41, 5.74) is 2.51. The molecule has 7 heteroatoms. The minimum atomic E-state index is -3.24. The smallest absolute Gasteiger partial charge is 0.191 e. The van der Waals surface area contributed by atoms with Crippen LogP contribution in [0.4, 0.5) is 0 Å². The molecule has 1 aliphatic rings. The molecule has 29 heavy (non-hydrogen) atoms. The molecule has 0 aromatic heterocycles. The molecule has 1 heterocycles. The van der Waals surface area contributed by atoms with Crippen molar-refractivity contribution < 1.29 is 13.2 Å². The summed E-state index contributed by atoms with van der Waals surface area (Å²) in [6.07, 6.45) is 3.36. The predicted molar refractivity (Wildman–Crippen MR) is 120 cm³/mol. The van der Waals surface area contributed by atoms with Gasteiger partial charge < -0.3 is 15.4 Å². The van der Waals surface area contributed by atoms with E-state index in [9.17, 15) is 8.42 Å². The van der Waals surface area contributed by atoms with Crippen LogP contribution in [0.5, 0.6) is 0 Å². The van der Waals surface area contributed by atoms with E-state index in [-0.39, 0.29) is 12.6 Å². The van der Waals surface area contributed by atoms with Gasteiger partial charge in [-0.15, -0.1) is 0 Å². The molecule has 6 nitrogen and oxygen atoms in total. The number of sulfone groups is 1. The van der Waals surface area contributed by atoms with E-state index in [2.05, 4.69) is 60.7 Å². The molecule has 0 aliphatic carbocycles. The van der Waals surface area contributed by atoms with E-state index < -0.39 is 14.6 Å². The standard InChI is InChI=1S/C22H37N3O3S/c1-6-23-21(24-16-22(29(5,26)27)11-13-28-14-12-22)25-18(4)20-9-7-19(8-10-20)15-17(2)3/h7-10,17-18H,6,11-16H2,1-5H3,(H2,23,24,25). The molecule has 1 fully saturated rings. The molecule has 0 radical (unpaired) electrons. The second kappa shape index (κ2) is 10.4. The lowest BCUT2D eigenvalue weighted by molar-refractivity contribution is 0.0768. The van der Waals surface area contributed by atoms with E-state index >= 15 is 0 Å². The summed E-state index contributed by atoms with van der Waals surface area (Å²) in [4.78, 5) is 4.66. The zero-order valence-corrected chi connectivity index (χ0v) is 19.3. The fourth-order valence-corrected chi connectivity index (χ4v) is 4.84. The number of nitrogens with one attached hydrogen (secondary N) is 2. The Morgan fingerprint density at radius 3 is 2.31 bits per heavy atom. The van der Waals surface area contributed by atoms with Crippen LogP contribution in [0.2, 0.25) is 0 Å². The number of hydrogen-bond donors (Lipinski definition) is 2. The summed E-state index contributed by atoms with van der Waals surface area (Å²) in [7, 11) is -3.24. The van der Waals surface area contributed by atoms with Gasteiger partial charge in [0.1, 0.15) is 0 Å². The van der Waals surface area contributed by atoms with Crippen molar-refractivity contribution in [3.8, 4) is 0 Å². The first-order valence-corrected chi connectivity index (χ1v) is 12.5. The molecule has 1 aromatic carbocycles. The Labute approximate surface area is 176 Å². The molecule has 0 spiro atoms. The molecule has 2 rings (SSSR count). The van der Waals surface area contributed by atoms with E-state index in [1.807, 2.05) is 6.92 Å². The minimum absolute atomic E-state index is 0.0600. The van der Waals surface area contributed by atoms with E-state index in [0.717, 1.165) is 6.42 Å². The minimum Gasteiger partial charge on any atom is -0.381 e. The molecular weight excluding hydrogens is 386 g/mol. The van der Waals surface area contributed by atoms with Gasteiger partial charge in [0.25, 0.3) is 0 Å². The van der Waals surface area contributed by atoms with Gasteiger partial charge in [-0.3, -0.25) is 4.99 Å². The second-order valence-electron chi connectivity index (χ2n) is 8.47. The SMILES string of the molecule is CCNC(=NCC1(S(C)(=O)=O)CCOCC1)NC(C)c1ccc(CC(C)C)cc1. The van der Waals surface area contributed by atoms with Gasteiger partial charge in [-0.05, 0) is 50.2 Å². The first-order valence-electron chi connectivity index (χ1n) is 10.6. The summed E-state index contributed by atoms with van der Waals surface area (Å²) in [6.45, 7) is 10.4. The van der Waals surface area contributed by atoms with Crippen LogP contribution >= 0.6 is 0 Å². The van der Waals surface area contributed by atoms with Crippen LogP contribution in [0.1, 0.15) is 57.7 Å². The highest BCUT2D eigenvalue weighted by Gasteiger charge is 2.42. The zero-order valence-electron chi connectivity index (χ0n) is 18.5. The van der Waals surface area contributed by atoms with E-state index in [1.54, 1.807) is 0 Å². The van der Waals surface area contributed by atoms with Crippen LogP contribution in [-0.4, -0.2) is 51.7 Å². The van der Waals surface area contributed by atoms with E-state index in [4.69, 9.17) is 4.74 Å². The van der Waals surface area contributed by atoms with Crippen LogP contribution < -0.4 is 10.6 Å². The first-order chi connectivity index (χ1) is 13.7. The van der Waals surface area contributed by atoms with Crippen LogP contribution in [-0.2, 0) is 21.0 Å². The quantitative estimate of drug-likeness (QED) is 0.496. The average Bonchev–Trinajstić information content (AvgIpc) is 2.66. The Morgan fingerprint density at radius 1 is 1.17 bits per heavy atom. The third-order valence-electron chi connectivity index (χ3n) is 5.54. The molecule has 1 atom stereocenters. The summed E-state index contributed by atoms with van der Waals surface area (Å²) in [5, 5.41) is 6.66. The summed E-state index contributed by atoms with van der Waals surface area (Å²) in [5.74, 6) is 1.28. The molecule has 1 unspecified atom stereocenters. The highest BCUT2D eigenvalue weighted by Crippen LogP contribution is 2.29. The Hall–Kier alpha value is -1.60. The van der Waals surface area contributed by atoms with Crippen LogP contribution in [0.15, 0.2) is 29.3 Å². The number of ether oxygens (including phenoxy) is 1. The maximum absolute atomic E-state index is 12.5. The van der Waals surface area contributed by atoms with Gasteiger partial charge in [-0.1, -0.05) is 38.1 Å². The zero-order chi connectivity index (χ0) is 21.5. The lowest BCUT2D eigenvalue weighted by atomic mass is 9.99. The van der Waals surface area contributed by atoms with Gasteiger partial charge in [-0.25, -0.2) is 8.42 Å². The molecule has 0 saturated carbocycles. The van der Waals surface area contributed by atoms with Crippen molar-refractivity contribution >= 4 is 15.8 Å². The van der Waals surface area contributed by atoms with Crippen molar-refractivity contribution in [1.29, 1.82) is 0 Å². The molecule has 2 N–H and O–H groups in total. The molecule has 0 amide bonds. The number of aliphatic imine (C=N–C) groups is 1. The maximum Gasteiger partial charge on any atom is 0.191 e. The normalized spacial score (nSPS) is 18.5. The summed E-state index contributed by atoms with van der Waals surface area (Å²) >= 11 is 0. The number of rotatable bonds is 8. The second-order valence-corrected chi connectivity index (χ2v) is 10.9. The summed E-state index contributed by atoms with van der Waals surface area (Å²) in [6, 6.07) is 8.71. The van der Waals surface area contributed by atoms with Gasteiger partial charge in [0.2, 0.25) is 0 Å². The number of nitrogens with zero attached hydrogens (tertiary/aromatic N) is 1. The Balaban J connectivity index is 2.11. The van der Waals surface area contributed by atoms with Crippen molar-refractivity contribution in [2.75, 3.05) is 32.6 Å². The van der Waals surface area contributed by atoms with Gasteiger partial charge in [-0.2, -0.15) is 0 Å². The predicted octanol–water partition coefficient (Wildman–Crippen LogP) is 3.10. The molecule has 164 valence electrons. The topological polar surface area (TPSA) is 79.8 Å². The lowest BCUT2D eigenvalue weighted by Crippen LogP contribution is -2.47. The van der Waals surface area contributed by atoms with Gasteiger partial charge in [0.15, 0.2) is 15.8 Å². The summed E-state index contributed by atoms with van der Waals surface area (Å²) < 4.78 is 29.5. The lowest BCUT2D eigenvalue weighted by Gasteiger charge is -2.34. The van der Waals surface area contributed by atoms with Crippen LogP contribution in [0.3, 0.4) is 0 Å². The van der Waals surface area contributed by atoms with E-state index in [0.29, 0.717) is 44.5 Å². The number of benzene rings is 1. The average molecular weight is 424 g/mol. The highest BCUT2D eigenvalue weighted by molar-refractivity contribution is 7.92. The van der Waals surface area contributed by atoms with Crippen molar-refractivity contribution in [3.63, 3.8) is 0 Å². The van der Waals surface area contributed by atoms with Crippen molar-refractivity contribution in [1.82, 2.24) is 10.6 Å². The largest absolute Gasteiger partial charge is 0.381 e. The Morgan fingerprint density at radius 2 is 1.79 bits per heavy atom. The maximum atomic E-state index is 12.5. The third-order valence-corrected chi connectivity index (χ3v) is 7.65. The fraction of sp³-hybridized carbons (Fsp3) is 0.682. The van der Waals surface area contributed by atoms with Gasteiger partial charge in [0.05, 0.1) is 17.3 Å². The van der Waals surface area contributed by atoms with Crippen molar-refractivity contribution in [3.05, 3.63) is 35.4 Å². The Kier molecular flexibility index (Phi) is 8.52. The third kappa shape index (κ3) is 6.71. The number of guanidine groups is 1. The molecule has 1 aliphatic heterocycles. The van der Waals surface area contributed by atoms with Crippen LogP contribution in [0.25, 0.3) is 0 Å². The molecule has 1 aromatic rings. The number of hydrogen-bond acceptors (Lipinski definition) is 4. The molecule has 0 bridgehead atoms. The highest BCUT2D eigenvalue weighted by atomic mass is 32.2. The van der Waals surface area contributed by atoms with Crippen LogP contribution in [0, 0.1) is 5.92 Å². The molecular formula is C22H37N3O3S. The van der Waals surface area contributed by atoms with Gasteiger partial charge in [0, 0.05) is 26.0 Å².